The van der Waals surface area contributed by atoms with E-state index in [4.69, 9.17) is 16.3 Å². The number of Topliss-reactive ketones (excluding diaryl/α,β-unsaturated/α-hetero) is 1. The van der Waals surface area contributed by atoms with Gasteiger partial charge in [-0.2, -0.15) is 0 Å². The van der Waals surface area contributed by atoms with Gasteiger partial charge in [-0.3, -0.25) is 14.4 Å². The second-order valence-corrected chi connectivity index (χ2v) is 8.16. The van der Waals surface area contributed by atoms with Gasteiger partial charge in [-0.15, -0.1) is 0 Å². The van der Waals surface area contributed by atoms with Gasteiger partial charge in [-0.05, 0) is 60.7 Å². The number of benzene rings is 3. The van der Waals surface area contributed by atoms with E-state index in [1.807, 2.05) is 54.6 Å². The van der Waals surface area contributed by atoms with Crippen LogP contribution in [-0.4, -0.2) is 24.3 Å². The van der Waals surface area contributed by atoms with Crippen LogP contribution in [0, 0.1) is 0 Å². The fraction of sp³-hybridized carbons (Fsp3) is 0.125. The van der Waals surface area contributed by atoms with Gasteiger partial charge in [0.25, 0.3) is 0 Å². The van der Waals surface area contributed by atoms with Crippen molar-refractivity contribution < 1.29 is 19.1 Å². The number of anilines is 1. The number of ketones is 1. The quantitative estimate of drug-likeness (QED) is 0.335. The fourth-order valence-electron chi connectivity index (χ4n) is 2.61. The molecule has 0 saturated carbocycles. The Morgan fingerprint density at radius 3 is 2.13 bits per heavy atom. The van der Waals surface area contributed by atoms with Crippen LogP contribution in [-0.2, 0) is 14.3 Å². The molecule has 0 saturated heterocycles. The minimum absolute atomic E-state index is 0.0332. The normalized spacial score (nSPS) is 10.4. The Morgan fingerprint density at radius 2 is 1.45 bits per heavy atom. The molecule has 1 N–H and O–H groups in total. The van der Waals surface area contributed by atoms with Crippen molar-refractivity contribution in [2.45, 2.75) is 22.6 Å². The number of carbonyl (C=O) groups is 3. The Hall–Kier alpha value is -3.09. The molecule has 0 bridgehead atoms. The lowest BCUT2D eigenvalue weighted by Crippen LogP contribution is -2.17. The number of carbonyl (C=O) groups excluding carboxylic acids is 3. The molecule has 31 heavy (non-hydrogen) atoms. The third-order valence-corrected chi connectivity index (χ3v) is 5.47. The van der Waals surface area contributed by atoms with E-state index in [9.17, 15) is 14.4 Å². The standard InChI is InChI=1S/C24H20ClNO4S/c25-18-8-6-17(7-9-18)22(27)16-30-24(29)15-14-23(28)26-19-10-12-21(13-11-19)31-20-4-2-1-3-5-20/h1-13H,14-16H2,(H,26,28). The summed E-state index contributed by atoms with van der Waals surface area (Å²) in [6.45, 7) is -0.372. The Morgan fingerprint density at radius 1 is 0.806 bits per heavy atom. The fourth-order valence-corrected chi connectivity index (χ4v) is 3.57. The van der Waals surface area contributed by atoms with E-state index in [1.54, 1.807) is 36.0 Å². The molecule has 3 rings (SSSR count). The van der Waals surface area contributed by atoms with Gasteiger partial charge in [0.15, 0.2) is 12.4 Å². The van der Waals surface area contributed by atoms with Gasteiger partial charge in [0.1, 0.15) is 0 Å². The predicted molar refractivity (Wildman–Crippen MR) is 122 cm³/mol. The third kappa shape index (κ3) is 7.59. The zero-order valence-corrected chi connectivity index (χ0v) is 18.1. The van der Waals surface area contributed by atoms with E-state index in [-0.39, 0.29) is 31.1 Å². The largest absolute Gasteiger partial charge is 0.457 e. The lowest BCUT2D eigenvalue weighted by atomic mass is 10.1. The lowest BCUT2D eigenvalue weighted by Gasteiger charge is -2.07. The molecule has 158 valence electrons. The van der Waals surface area contributed by atoms with Crippen molar-refractivity contribution in [1.82, 2.24) is 0 Å². The molecule has 0 aliphatic heterocycles. The minimum Gasteiger partial charge on any atom is -0.457 e. The zero-order chi connectivity index (χ0) is 22.1. The van der Waals surface area contributed by atoms with Crippen molar-refractivity contribution in [2.24, 2.45) is 0 Å². The van der Waals surface area contributed by atoms with Gasteiger partial charge in [0.05, 0.1) is 6.42 Å². The van der Waals surface area contributed by atoms with Crippen LogP contribution in [0.2, 0.25) is 5.02 Å². The third-order valence-electron chi connectivity index (χ3n) is 4.20. The molecule has 0 heterocycles. The van der Waals surface area contributed by atoms with E-state index in [0.717, 1.165) is 9.79 Å². The van der Waals surface area contributed by atoms with E-state index in [2.05, 4.69) is 5.32 Å². The molecule has 0 radical (unpaired) electrons. The highest BCUT2D eigenvalue weighted by Gasteiger charge is 2.12. The highest BCUT2D eigenvalue weighted by atomic mass is 35.5. The summed E-state index contributed by atoms with van der Waals surface area (Å²) in [5, 5.41) is 3.27. The molecule has 0 aliphatic carbocycles. The average molecular weight is 454 g/mol. The number of amides is 1. The zero-order valence-electron chi connectivity index (χ0n) is 16.5. The van der Waals surface area contributed by atoms with Crippen LogP contribution in [0.5, 0.6) is 0 Å². The monoisotopic (exact) mass is 453 g/mol. The number of hydrogen-bond acceptors (Lipinski definition) is 5. The SMILES string of the molecule is O=C(CCC(=O)OCC(=O)c1ccc(Cl)cc1)Nc1ccc(Sc2ccccc2)cc1. The van der Waals surface area contributed by atoms with Gasteiger partial charge >= 0.3 is 5.97 Å². The molecule has 3 aromatic rings. The van der Waals surface area contributed by atoms with E-state index in [0.29, 0.717) is 16.3 Å². The van der Waals surface area contributed by atoms with Gasteiger partial charge in [0, 0.05) is 32.5 Å². The summed E-state index contributed by atoms with van der Waals surface area (Å²) in [6, 6.07) is 23.8. The van der Waals surface area contributed by atoms with Crippen LogP contribution in [0.1, 0.15) is 23.2 Å². The summed E-state index contributed by atoms with van der Waals surface area (Å²) < 4.78 is 4.96. The van der Waals surface area contributed by atoms with Crippen molar-refractivity contribution >= 4 is 46.7 Å². The van der Waals surface area contributed by atoms with Gasteiger partial charge in [-0.25, -0.2) is 0 Å². The predicted octanol–water partition coefficient (Wildman–Crippen LogP) is 5.64. The second kappa shape index (κ2) is 11.3. The summed E-state index contributed by atoms with van der Waals surface area (Å²) in [4.78, 5) is 38.1. The first-order valence-electron chi connectivity index (χ1n) is 9.57. The van der Waals surface area contributed by atoms with Crippen LogP contribution < -0.4 is 5.32 Å². The smallest absolute Gasteiger partial charge is 0.306 e. The van der Waals surface area contributed by atoms with Crippen molar-refractivity contribution in [3.05, 3.63) is 89.4 Å². The van der Waals surface area contributed by atoms with Gasteiger partial charge in [0.2, 0.25) is 5.91 Å². The van der Waals surface area contributed by atoms with Crippen molar-refractivity contribution in [1.29, 1.82) is 0 Å². The molecular weight excluding hydrogens is 434 g/mol. The van der Waals surface area contributed by atoms with Crippen molar-refractivity contribution in [3.8, 4) is 0 Å². The van der Waals surface area contributed by atoms with Crippen molar-refractivity contribution in [2.75, 3.05) is 11.9 Å². The molecule has 0 aromatic heterocycles. The molecule has 7 heteroatoms. The highest BCUT2D eigenvalue weighted by Crippen LogP contribution is 2.28. The maximum Gasteiger partial charge on any atom is 0.306 e. The molecule has 3 aromatic carbocycles. The Kier molecular flexibility index (Phi) is 8.27. The molecule has 0 atom stereocenters. The number of hydrogen-bond donors (Lipinski definition) is 1. The van der Waals surface area contributed by atoms with E-state index < -0.39 is 5.97 Å². The maximum absolute atomic E-state index is 12.1. The molecule has 0 spiro atoms. The summed E-state index contributed by atoms with van der Waals surface area (Å²) in [7, 11) is 0. The Labute approximate surface area is 189 Å². The molecule has 1 amide bonds. The second-order valence-electron chi connectivity index (χ2n) is 6.58. The molecule has 0 unspecified atom stereocenters. The van der Waals surface area contributed by atoms with Gasteiger partial charge in [-0.1, -0.05) is 41.6 Å². The summed E-state index contributed by atoms with van der Waals surface area (Å²) in [5.41, 5.74) is 1.05. The van der Waals surface area contributed by atoms with Crippen LogP contribution >= 0.6 is 23.4 Å². The first kappa shape index (κ1) is 22.6. The van der Waals surface area contributed by atoms with Gasteiger partial charge < -0.3 is 10.1 Å². The number of halogens is 1. The topological polar surface area (TPSA) is 72.5 Å². The van der Waals surface area contributed by atoms with Crippen LogP contribution in [0.15, 0.2) is 88.7 Å². The number of esters is 1. The van der Waals surface area contributed by atoms with Crippen LogP contribution in [0.4, 0.5) is 5.69 Å². The summed E-state index contributed by atoms with van der Waals surface area (Å²) >= 11 is 7.41. The van der Waals surface area contributed by atoms with E-state index >= 15 is 0 Å². The van der Waals surface area contributed by atoms with Crippen molar-refractivity contribution in [3.63, 3.8) is 0 Å². The number of ether oxygens (including phenoxy) is 1. The Bertz CT molecular complexity index is 1040. The molecular formula is C24H20ClNO4S. The van der Waals surface area contributed by atoms with E-state index in [1.165, 1.54) is 0 Å². The van der Waals surface area contributed by atoms with Crippen LogP contribution in [0.25, 0.3) is 0 Å². The molecule has 0 aliphatic rings. The Balaban J connectivity index is 1.38. The molecule has 5 nitrogen and oxygen atoms in total. The molecule has 0 fully saturated rings. The highest BCUT2D eigenvalue weighted by molar-refractivity contribution is 7.99. The number of rotatable bonds is 9. The van der Waals surface area contributed by atoms with Crippen LogP contribution in [0.3, 0.4) is 0 Å². The first-order chi connectivity index (χ1) is 15.0. The minimum atomic E-state index is -0.605. The first-order valence-corrected chi connectivity index (χ1v) is 10.8. The maximum atomic E-state index is 12.1. The summed E-state index contributed by atoms with van der Waals surface area (Å²) in [6.07, 6.45) is -0.143. The number of nitrogens with one attached hydrogen (secondary N) is 1. The lowest BCUT2D eigenvalue weighted by molar-refractivity contribution is -0.143. The average Bonchev–Trinajstić information content (AvgIpc) is 2.78. The summed E-state index contributed by atoms with van der Waals surface area (Å²) in [5.74, 6) is -1.24.